The van der Waals surface area contributed by atoms with Gasteiger partial charge in [0.1, 0.15) is 11.9 Å². The van der Waals surface area contributed by atoms with Gasteiger partial charge in [0.2, 0.25) is 0 Å². The lowest BCUT2D eigenvalue weighted by molar-refractivity contribution is 0.220. The van der Waals surface area contributed by atoms with E-state index >= 15 is 0 Å². The molecule has 5 nitrogen and oxygen atoms in total. The standard InChI is InChI=1S/C10H10ClN3O2/c11-6-3-1-5(2-4-6)8(15)7-9(12)13-14-10(7)16/h1-4,8,15H,(H4,12,13,14,16). The molecular weight excluding hydrogens is 230 g/mol. The SMILES string of the molecule is Nc1[nH][nH]c(=O)c1C(O)c1ccc(Cl)cc1. The maximum atomic E-state index is 11.4. The van der Waals surface area contributed by atoms with Gasteiger partial charge in [0.25, 0.3) is 5.56 Å². The van der Waals surface area contributed by atoms with Crippen LogP contribution in [0, 0.1) is 0 Å². The summed E-state index contributed by atoms with van der Waals surface area (Å²) in [5.41, 5.74) is 5.78. The highest BCUT2D eigenvalue weighted by Gasteiger charge is 2.18. The normalized spacial score (nSPS) is 12.6. The molecule has 2 aromatic rings. The predicted octanol–water partition coefficient (Wildman–Crippen LogP) is 1.02. The molecule has 16 heavy (non-hydrogen) atoms. The molecule has 1 aromatic heterocycles. The first-order valence-electron chi connectivity index (χ1n) is 4.59. The van der Waals surface area contributed by atoms with E-state index in [1.807, 2.05) is 0 Å². The minimum atomic E-state index is -1.06. The molecule has 0 radical (unpaired) electrons. The summed E-state index contributed by atoms with van der Waals surface area (Å²) in [6.45, 7) is 0. The topological polar surface area (TPSA) is 94.9 Å². The Labute approximate surface area is 95.8 Å². The molecule has 0 aliphatic heterocycles. The Morgan fingerprint density at radius 3 is 2.38 bits per heavy atom. The van der Waals surface area contributed by atoms with Gasteiger partial charge < -0.3 is 10.8 Å². The maximum absolute atomic E-state index is 11.4. The number of benzene rings is 1. The Bertz CT molecular complexity index is 544. The molecule has 0 amide bonds. The highest BCUT2D eigenvalue weighted by molar-refractivity contribution is 6.30. The lowest BCUT2D eigenvalue weighted by atomic mass is 10.0. The second-order valence-corrected chi connectivity index (χ2v) is 3.80. The van der Waals surface area contributed by atoms with Gasteiger partial charge in [-0.1, -0.05) is 23.7 Å². The van der Waals surface area contributed by atoms with Crippen molar-refractivity contribution >= 4 is 17.4 Å². The van der Waals surface area contributed by atoms with Crippen LogP contribution in [0.15, 0.2) is 29.1 Å². The van der Waals surface area contributed by atoms with Crippen molar-refractivity contribution in [1.82, 2.24) is 10.2 Å². The van der Waals surface area contributed by atoms with E-state index in [2.05, 4.69) is 10.2 Å². The lowest BCUT2D eigenvalue weighted by Gasteiger charge is -2.08. The molecule has 1 heterocycles. The third kappa shape index (κ3) is 1.82. The zero-order valence-electron chi connectivity index (χ0n) is 8.20. The summed E-state index contributed by atoms with van der Waals surface area (Å²) < 4.78 is 0. The molecule has 5 N–H and O–H groups in total. The van der Waals surface area contributed by atoms with Gasteiger partial charge in [0, 0.05) is 5.02 Å². The van der Waals surface area contributed by atoms with Crippen LogP contribution in [0.2, 0.25) is 5.02 Å². The van der Waals surface area contributed by atoms with E-state index < -0.39 is 11.7 Å². The Balaban J connectivity index is 2.43. The number of nitrogens with one attached hydrogen (secondary N) is 2. The molecule has 1 unspecified atom stereocenters. The molecule has 0 bridgehead atoms. The van der Waals surface area contributed by atoms with Crippen molar-refractivity contribution in [3.05, 3.63) is 50.8 Å². The summed E-state index contributed by atoms with van der Waals surface area (Å²) in [6, 6.07) is 6.55. The molecule has 1 aromatic carbocycles. The predicted molar refractivity (Wildman–Crippen MR) is 61.3 cm³/mol. The van der Waals surface area contributed by atoms with Crippen LogP contribution in [0.3, 0.4) is 0 Å². The maximum Gasteiger partial charge on any atom is 0.272 e. The Hall–Kier alpha value is -1.72. The van der Waals surface area contributed by atoms with E-state index in [1.54, 1.807) is 24.3 Å². The summed E-state index contributed by atoms with van der Waals surface area (Å²) >= 11 is 5.72. The Morgan fingerprint density at radius 2 is 1.88 bits per heavy atom. The number of aromatic nitrogens is 2. The lowest BCUT2D eigenvalue weighted by Crippen LogP contribution is -2.13. The van der Waals surface area contributed by atoms with Gasteiger partial charge in [0.15, 0.2) is 0 Å². The summed E-state index contributed by atoms with van der Waals surface area (Å²) in [4.78, 5) is 11.4. The van der Waals surface area contributed by atoms with Crippen molar-refractivity contribution in [3.63, 3.8) is 0 Å². The number of H-pyrrole nitrogens is 2. The first kappa shape index (κ1) is 10.8. The summed E-state index contributed by atoms with van der Waals surface area (Å²) in [6.07, 6.45) is -1.06. The van der Waals surface area contributed by atoms with Crippen LogP contribution in [-0.2, 0) is 0 Å². The van der Waals surface area contributed by atoms with Crippen molar-refractivity contribution < 1.29 is 5.11 Å². The fourth-order valence-electron chi connectivity index (χ4n) is 1.46. The average molecular weight is 240 g/mol. The van der Waals surface area contributed by atoms with Crippen molar-refractivity contribution in [2.24, 2.45) is 0 Å². The largest absolute Gasteiger partial charge is 0.384 e. The van der Waals surface area contributed by atoms with Gasteiger partial charge >= 0.3 is 0 Å². The third-order valence-corrected chi connectivity index (χ3v) is 2.56. The zero-order chi connectivity index (χ0) is 11.7. The smallest absolute Gasteiger partial charge is 0.272 e. The number of hydrogen-bond donors (Lipinski definition) is 4. The van der Waals surface area contributed by atoms with Crippen molar-refractivity contribution in [2.45, 2.75) is 6.10 Å². The molecule has 0 aliphatic rings. The van der Waals surface area contributed by atoms with E-state index in [0.717, 1.165) is 0 Å². The first-order valence-corrected chi connectivity index (χ1v) is 4.97. The molecule has 1 atom stereocenters. The van der Waals surface area contributed by atoms with E-state index in [1.165, 1.54) is 0 Å². The van der Waals surface area contributed by atoms with E-state index in [9.17, 15) is 9.90 Å². The average Bonchev–Trinajstić information content (AvgIpc) is 2.59. The van der Waals surface area contributed by atoms with Gasteiger partial charge in [-0.25, -0.2) is 0 Å². The van der Waals surface area contributed by atoms with Crippen LogP contribution in [0.4, 0.5) is 5.82 Å². The molecule has 6 heteroatoms. The van der Waals surface area contributed by atoms with Crippen LogP contribution in [-0.4, -0.2) is 15.3 Å². The fourth-order valence-corrected chi connectivity index (χ4v) is 1.59. The summed E-state index contributed by atoms with van der Waals surface area (Å²) in [5.74, 6) is 0.132. The van der Waals surface area contributed by atoms with Gasteiger partial charge in [-0.2, -0.15) is 0 Å². The van der Waals surface area contributed by atoms with Crippen molar-refractivity contribution in [3.8, 4) is 0 Å². The number of aromatic amines is 2. The van der Waals surface area contributed by atoms with Crippen LogP contribution in [0.1, 0.15) is 17.2 Å². The molecule has 0 saturated carbocycles. The van der Waals surface area contributed by atoms with Gasteiger partial charge in [-0.3, -0.25) is 15.0 Å². The van der Waals surface area contributed by atoms with Crippen molar-refractivity contribution in [1.29, 1.82) is 0 Å². The third-order valence-electron chi connectivity index (χ3n) is 2.30. The van der Waals surface area contributed by atoms with E-state index in [4.69, 9.17) is 17.3 Å². The zero-order valence-corrected chi connectivity index (χ0v) is 8.95. The highest BCUT2D eigenvalue weighted by atomic mass is 35.5. The van der Waals surface area contributed by atoms with E-state index in [0.29, 0.717) is 10.6 Å². The molecule has 0 spiro atoms. The molecular formula is C10H10ClN3O2. The van der Waals surface area contributed by atoms with Crippen molar-refractivity contribution in [2.75, 3.05) is 5.73 Å². The number of nitrogen functional groups attached to an aromatic ring is 1. The molecule has 2 rings (SSSR count). The number of halogens is 1. The van der Waals surface area contributed by atoms with E-state index in [-0.39, 0.29) is 11.4 Å². The van der Waals surface area contributed by atoms with Crippen LogP contribution >= 0.6 is 11.6 Å². The van der Waals surface area contributed by atoms with Gasteiger partial charge in [-0.05, 0) is 17.7 Å². The summed E-state index contributed by atoms with van der Waals surface area (Å²) in [5, 5.41) is 15.3. The molecule has 84 valence electrons. The number of rotatable bonds is 2. The quantitative estimate of drug-likeness (QED) is 0.630. The van der Waals surface area contributed by atoms with Crippen LogP contribution < -0.4 is 11.3 Å². The Morgan fingerprint density at radius 1 is 1.25 bits per heavy atom. The number of anilines is 1. The second-order valence-electron chi connectivity index (χ2n) is 3.36. The second kappa shape index (κ2) is 4.03. The first-order chi connectivity index (χ1) is 7.59. The fraction of sp³-hybridized carbons (Fsp3) is 0.100. The minimum Gasteiger partial charge on any atom is -0.384 e. The Kier molecular flexibility index (Phi) is 2.72. The highest BCUT2D eigenvalue weighted by Crippen LogP contribution is 2.23. The molecule has 0 saturated heterocycles. The van der Waals surface area contributed by atoms with Crippen LogP contribution in [0.5, 0.6) is 0 Å². The molecule has 0 aliphatic carbocycles. The number of nitrogens with two attached hydrogens (primary N) is 1. The number of aliphatic hydroxyl groups excluding tert-OH is 1. The minimum absolute atomic E-state index is 0.113. The molecule has 0 fully saturated rings. The van der Waals surface area contributed by atoms with Crippen LogP contribution in [0.25, 0.3) is 0 Å². The number of hydrogen-bond acceptors (Lipinski definition) is 3. The summed E-state index contributed by atoms with van der Waals surface area (Å²) in [7, 11) is 0. The monoisotopic (exact) mass is 239 g/mol. The van der Waals surface area contributed by atoms with Gasteiger partial charge in [-0.15, -0.1) is 0 Å². The number of aliphatic hydroxyl groups is 1. The van der Waals surface area contributed by atoms with Gasteiger partial charge in [0.05, 0.1) is 5.56 Å².